The number of nitrogens with two attached hydrogens (primary N) is 1. The van der Waals surface area contributed by atoms with Gasteiger partial charge in [0.25, 0.3) is 0 Å². The van der Waals surface area contributed by atoms with Crippen LogP contribution in [0.5, 0.6) is 0 Å². The van der Waals surface area contributed by atoms with Gasteiger partial charge in [0, 0.05) is 38.7 Å². The molecule has 1 fully saturated rings. The third kappa shape index (κ3) is 7.72. The van der Waals surface area contributed by atoms with Gasteiger partial charge in [0.2, 0.25) is 5.95 Å². The summed E-state index contributed by atoms with van der Waals surface area (Å²) in [6.45, 7) is 5.63. The second-order valence-electron chi connectivity index (χ2n) is 8.09. The molecule has 0 saturated carbocycles. The molecule has 0 bridgehead atoms. The fourth-order valence-electron chi connectivity index (χ4n) is 3.48. The number of halogens is 3. The van der Waals surface area contributed by atoms with E-state index in [1.807, 2.05) is 19.3 Å². The van der Waals surface area contributed by atoms with E-state index in [1.54, 1.807) is 15.8 Å². The van der Waals surface area contributed by atoms with E-state index >= 15 is 0 Å². The predicted molar refractivity (Wildman–Crippen MR) is 109 cm³/mol. The van der Waals surface area contributed by atoms with Crippen molar-refractivity contribution in [2.45, 2.75) is 39.3 Å². The monoisotopic (exact) mass is 442 g/mol. The number of ether oxygens (including phenoxy) is 1. The number of rotatable bonds is 5. The van der Waals surface area contributed by atoms with Crippen LogP contribution in [0.25, 0.3) is 0 Å². The lowest BCUT2D eigenvalue weighted by Gasteiger charge is -2.40. The molecule has 1 aliphatic heterocycles. The van der Waals surface area contributed by atoms with E-state index in [-0.39, 0.29) is 18.0 Å². The van der Waals surface area contributed by atoms with E-state index in [1.165, 1.54) is 0 Å². The van der Waals surface area contributed by atoms with E-state index in [2.05, 4.69) is 28.9 Å². The number of primary amides is 1. The standard InChI is InChI=1S/C16H23F3N4O2.C4H6N2/c1-15(2,6-10-25-13(20)24)11-4-8-23(9-5-11)14-21-7-3-12(22-14)16(17,18)19;1-6-4-2-3-5-6/h3,7,11H,4-6,8-10H2,1-2H3,(H2,20,24);2-4H,1H3. The first-order valence-corrected chi connectivity index (χ1v) is 10.00. The van der Waals surface area contributed by atoms with Crippen molar-refractivity contribution >= 4 is 12.0 Å². The highest BCUT2D eigenvalue weighted by molar-refractivity contribution is 5.64. The molecule has 3 heterocycles. The molecule has 11 heteroatoms. The van der Waals surface area contributed by atoms with E-state index in [0.717, 1.165) is 25.1 Å². The van der Waals surface area contributed by atoms with Crippen LogP contribution in [0.3, 0.4) is 0 Å². The molecule has 0 aliphatic carbocycles. The van der Waals surface area contributed by atoms with Gasteiger partial charge in [-0.3, -0.25) is 4.68 Å². The number of carbonyl (C=O) groups excluding carboxylic acids is 1. The molecule has 8 nitrogen and oxygen atoms in total. The summed E-state index contributed by atoms with van der Waals surface area (Å²) in [4.78, 5) is 20.1. The molecular weight excluding hydrogens is 413 g/mol. The quantitative estimate of drug-likeness (QED) is 0.759. The number of alkyl halides is 3. The fourth-order valence-corrected chi connectivity index (χ4v) is 3.48. The Morgan fingerprint density at radius 3 is 2.42 bits per heavy atom. The van der Waals surface area contributed by atoms with Crippen molar-refractivity contribution in [3.63, 3.8) is 0 Å². The highest BCUT2D eigenvalue weighted by Crippen LogP contribution is 2.38. The Balaban J connectivity index is 0.000000488. The average Bonchev–Trinajstić information content (AvgIpc) is 3.18. The van der Waals surface area contributed by atoms with E-state index < -0.39 is 18.0 Å². The normalized spacial score (nSPS) is 15.2. The predicted octanol–water partition coefficient (Wildman–Crippen LogP) is 3.64. The number of piperidine rings is 1. The number of aromatic nitrogens is 4. The molecule has 2 N–H and O–H groups in total. The van der Waals surface area contributed by atoms with Crippen molar-refractivity contribution in [1.82, 2.24) is 19.7 Å². The van der Waals surface area contributed by atoms with E-state index in [4.69, 9.17) is 10.5 Å². The second kappa shape index (κ2) is 10.5. The molecule has 3 rings (SSSR count). The SMILES string of the molecule is CC(C)(CCOC(N)=O)C1CCN(c2nccc(C(F)(F)F)n2)CC1.Cn1cccn1. The lowest BCUT2D eigenvalue weighted by atomic mass is 9.72. The summed E-state index contributed by atoms with van der Waals surface area (Å²) in [5.74, 6) is 0.481. The van der Waals surface area contributed by atoms with Gasteiger partial charge in [0.05, 0.1) is 6.61 Å². The Hall–Kier alpha value is -2.85. The van der Waals surface area contributed by atoms with E-state index in [9.17, 15) is 18.0 Å². The number of amides is 1. The summed E-state index contributed by atoms with van der Waals surface area (Å²) in [5, 5.41) is 3.83. The molecule has 0 atom stereocenters. The van der Waals surface area contributed by atoms with Crippen LogP contribution in [-0.2, 0) is 18.0 Å². The highest BCUT2D eigenvalue weighted by Gasteiger charge is 2.35. The Kier molecular flexibility index (Phi) is 8.23. The molecule has 0 unspecified atom stereocenters. The van der Waals surface area contributed by atoms with Gasteiger partial charge in [0.15, 0.2) is 0 Å². The van der Waals surface area contributed by atoms with Gasteiger partial charge in [-0.1, -0.05) is 13.8 Å². The number of hydrogen-bond acceptors (Lipinski definition) is 6. The van der Waals surface area contributed by atoms with Crippen LogP contribution in [0.4, 0.5) is 23.9 Å². The Morgan fingerprint density at radius 1 is 1.26 bits per heavy atom. The summed E-state index contributed by atoms with van der Waals surface area (Å²) in [6, 6.07) is 2.76. The minimum atomic E-state index is -4.47. The van der Waals surface area contributed by atoms with Crippen LogP contribution >= 0.6 is 0 Å². The van der Waals surface area contributed by atoms with Crippen molar-refractivity contribution < 1.29 is 22.7 Å². The zero-order valence-electron chi connectivity index (χ0n) is 18.0. The van der Waals surface area contributed by atoms with Gasteiger partial charge in [-0.05, 0) is 42.7 Å². The van der Waals surface area contributed by atoms with Crippen molar-refractivity contribution in [3.05, 3.63) is 36.4 Å². The zero-order valence-corrected chi connectivity index (χ0v) is 18.0. The third-order valence-corrected chi connectivity index (χ3v) is 5.44. The molecule has 1 amide bonds. The minimum Gasteiger partial charge on any atom is -0.450 e. The summed E-state index contributed by atoms with van der Waals surface area (Å²) in [5.41, 5.74) is 3.98. The van der Waals surface area contributed by atoms with Gasteiger partial charge in [-0.25, -0.2) is 14.8 Å². The van der Waals surface area contributed by atoms with Crippen molar-refractivity contribution in [3.8, 4) is 0 Å². The van der Waals surface area contributed by atoms with Crippen molar-refractivity contribution in [2.24, 2.45) is 24.1 Å². The summed E-state index contributed by atoms with van der Waals surface area (Å²) in [6.07, 6.45) is 1.82. The second-order valence-corrected chi connectivity index (χ2v) is 8.09. The average molecular weight is 442 g/mol. The van der Waals surface area contributed by atoms with Crippen LogP contribution < -0.4 is 10.6 Å². The van der Waals surface area contributed by atoms with Crippen LogP contribution in [0.15, 0.2) is 30.7 Å². The Bertz CT molecular complexity index is 819. The van der Waals surface area contributed by atoms with Crippen LogP contribution in [-0.4, -0.2) is 45.5 Å². The Labute approximate surface area is 179 Å². The Morgan fingerprint density at radius 2 is 1.94 bits per heavy atom. The van der Waals surface area contributed by atoms with Gasteiger partial charge in [-0.15, -0.1) is 0 Å². The number of aryl methyl sites for hydroxylation is 1. The summed E-state index contributed by atoms with van der Waals surface area (Å²) < 4.78 is 44.9. The maximum atomic E-state index is 12.8. The highest BCUT2D eigenvalue weighted by atomic mass is 19.4. The number of carbonyl (C=O) groups is 1. The number of hydrogen-bond donors (Lipinski definition) is 1. The maximum absolute atomic E-state index is 12.8. The molecule has 0 radical (unpaired) electrons. The number of nitrogens with zero attached hydrogens (tertiary/aromatic N) is 5. The van der Waals surface area contributed by atoms with Crippen molar-refractivity contribution in [2.75, 3.05) is 24.6 Å². The molecule has 2 aromatic rings. The molecule has 1 saturated heterocycles. The fraction of sp³-hybridized carbons (Fsp3) is 0.600. The first-order chi connectivity index (χ1) is 14.5. The summed E-state index contributed by atoms with van der Waals surface area (Å²) in [7, 11) is 1.89. The van der Waals surface area contributed by atoms with Gasteiger partial charge < -0.3 is 15.4 Å². The smallest absolute Gasteiger partial charge is 0.433 e. The van der Waals surface area contributed by atoms with Gasteiger partial charge in [-0.2, -0.15) is 18.3 Å². The van der Waals surface area contributed by atoms with Crippen LogP contribution in [0.2, 0.25) is 0 Å². The molecule has 2 aromatic heterocycles. The van der Waals surface area contributed by atoms with Crippen LogP contribution in [0, 0.1) is 11.3 Å². The van der Waals surface area contributed by atoms with Crippen molar-refractivity contribution in [1.29, 1.82) is 0 Å². The topological polar surface area (TPSA) is 99.2 Å². The third-order valence-electron chi connectivity index (χ3n) is 5.44. The summed E-state index contributed by atoms with van der Waals surface area (Å²) >= 11 is 0. The molecule has 1 aliphatic rings. The molecule has 31 heavy (non-hydrogen) atoms. The largest absolute Gasteiger partial charge is 0.450 e. The lowest BCUT2D eigenvalue weighted by molar-refractivity contribution is -0.141. The maximum Gasteiger partial charge on any atom is 0.433 e. The lowest BCUT2D eigenvalue weighted by Crippen LogP contribution is -2.40. The van der Waals surface area contributed by atoms with Crippen LogP contribution in [0.1, 0.15) is 38.8 Å². The molecule has 0 spiro atoms. The van der Waals surface area contributed by atoms with Gasteiger partial charge >= 0.3 is 12.3 Å². The molecular formula is C20H29F3N6O2. The zero-order chi connectivity index (χ0) is 23.1. The minimum absolute atomic E-state index is 0.0593. The van der Waals surface area contributed by atoms with E-state index in [0.29, 0.717) is 25.4 Å². The molecule has 0 aromatic carbocycles. The van der Waals surface area contributed by atoms with Gasteiger partial charge in [0.1, 0.15) is 5.69 Å². The number of anilines is 1. The first kappa shape index (κ1) is 24.4. The molecule has 172 valence electrons. The first-order valence-electron chi connectivity index (χ1n) is 10.00.